The van der Waals surface area contributed by atoms with Gasteiger partial charge in [-0.15, -0.1) is 0 Å². The van der Waals surface area contributed by atoms with Crippen LogP contribution in [0.2, 0.25) is 0 Å². The van der Waals surface area contributed by atoms with Crippen LogP contribution in [-0.4, -0.2) is 25.5 Å². The van der Waals surface area contributed by atoms with Crippen molar-refractivity contribution in [3.05, 3.63) is 59.7 Å². The molecule has 7 heteroatoms. The van der Waals surface area contributed by atoms with E-state index in [4.69, 9.17) is 4.74 Å². The molecule has 3 aromatic rings. The van der Waals surface area contributed by atoms with E-state index in [1.807, 2.05) is 39.1 Å². The minimum atomic E-state index is -0.155. The summed E-state index contributed by atoms with van der Waals surface area (Å²) in [7, 11) is 0. The minimum Gasteiger partial charge on any atom is -0.471 e. The zero-order valence-corrected chi connectivity index (χ0v) is 14.6. The molecule has 130 valence electrons. The highest BCUT2D eigenvalue weighted by Crippen LogP contribution is 2.19. The summed E-state index contributed by atoms with van der Waals surface area (Å²) >= 11 is 0. The van der Waals surface area contributed by atoms with Crippen molar-refractivity contribution in [2.75, 3.05) is 5.32 Å². The van der Waals surface area contributed by atoms with Crippen molar-refractivity contribution in [1.29, 1.82) is 0 Å². The first-order chi connectivity index (χ1) is 12.0. The Morgan fingerprint density at radius 2 is 1.88 bits per heavy atom. The zero-order chi connectivity index (χ0) is 17.8. The van der Waals surface area contributed by atoms with Crippen molar-refractivity contribution >= 4 is 11.6 Å². The van der Waals surface area contributed by atoms with E-state index in [0.717, 1.165) is 16.9 Å². The fourth-order valence-electron chi connectivity index (χ4n) is 2.50. The molecule has 0 unspecified atom stereocenters. The van der Waals surface area contributed by atoms with Crippen molar-refractivity contribution in [1.82, 2.24) is 19.6 Å². The van der Waals surface area contributed by atoms with Gasteiger partial charge < -0.3 is 10.1 Å². The molecule has 25 heavy (non-hydrogen) atoms. The average Bonchev–Trinajstić information content (AvgIpc) is 3.15. The highest BCUT2D eigenvalue weighted by molar-refractivity contribution is 5.90. The zero-order valence-electron chi connectivity index (χ0n) is 14.6. The lowest BCUT2D eigenvalue weighted by Crippen LogP contribution is -2.18. The molecule has 2 heterocycles. The van der Waals surface area contributed by atoms with Gasteiger partial charge in [0.05, 0.1) is 24.3 Å². The first kappa shape index (κ1) is 16.8. The Kier molecular flexibility index (Phi) is 4.83. The lowest BCUT2D eigenvalue weighted by atomic mass is 10.1. The van der Waals surface area contributed by atoms with Crippen molar-refractivity contribution in [3.8, 4) is 5.75 Å². The average molecular weight is 339 g/mol. The summed E-state index contributed by atoms with van der Waals surface area (Å²) in [4.78, 5) is 12.0. The molecule has 7 nitrogen and oxygen atoms in total. The highest BCUT2D eigenvalue weighted by Gasteiger charge is 2.07. The number of anilines is 1. The van der Waals surface area contributed by atoms with Crippen molar-refractivity contribution in [2.24, 2.45) is 0 Å². The van der Waals surface area contributed by atoms with Crippen molar-refractivity contribution < 1.29 is 9.53 Å². The van der Waals surface area contributed by atoms with Gasteiger partial charge in [-0.25, -0.2) is 4.68 Å². The van der Waals surface area contributed by atoms with Crippen molar-refractivity contribution in [3.63, 3.8) is 0 Å². The predicted molar refractivity (Wildman–Crippen MR) is 94.4 cm³/mol. The van der Waals surface area contributed by atoms with Gasteiger partial charge in [0.1, 0.15) is 12.3 Å². The third-order valence-corrected chi connectivity index (χ3v) is 3.67. The van der Waals surface area contributed by atoms with Gasteiger partial charge in [0.25, 0.3) is 0 Å². The van der Waals surface area contributed by atoms with Crippen LogP contribution in [0.3, 0.4) is 0 Å². The van der Waals surface area contributed by atoms with Crippen LogP contribution in [0, 0.1) is 20.8 Å². The third-order valence-electron chi connectivity index (χ3n) is 3.67. The Morgan fingerprint density at radius 1 is 1.08 bits per heavy atom. The van der Waals surface area contributed by atoms with Gasteiger partial charge in [0.2, 0.25) is 5.91 Å². The van der Waals surface area contributed by atoms with Gasteiger partial charge in [0.15, 0.2) is 6.73 Å². The van der Waals surface area contributed by atoms with E-state index >= 15 is 0 Å². The Morgan fingerprint density at radius 3 is 2.60 bits per heavy atom. The van der Waals surface area contributed by atoms with E-state index < -0.39 is 0 Å². The molecule has 0 aliphatic rings. The summed E-state index contributed by atoms with van der Waals surface area (Å²) in [6, 6.07) is 6.03. The number of nitrogens with zero attached hydrogens (tertiary/aromatic N) is 4. The minimum absolute atomic E-state index is 0.155. The lowest BCUT2D eigenvalue weighted by molar-refractivity contribution is -0.116. The third kappa shape index (κ3) is 4.47. The predicted octanol–water partition coefficient (Wildman–Crippen LogP) is 2.68. The molecule has 0 atom stereocenters. The molecule has 0 saturated carbocycles. The number of hydrogen-bond donors (Lipinski definition) is 1. The molecule has 3 rings (SSSR count). The maximum absolute atomic E-state index is 12.0. The molecule has 0 spiro atoms. The van der Waals surface area contributed by atoms with E-state index in [-0.39, 0.29) is 19.2 Å². The maximum atomic E-state index is 12.0. The highest BCUT2D eigenvalue weighted by atomic mass is 16.5. The molecule has 0 aliphatic carbocycles. The first-order valence-corrected chi connectivity index (χ1v) is 8.01. The summed E-state index contributed by atoms with van der Waals surface area (Å²) in [6.45, 7) is 6.43. The SMILES string of the molecule is Cc1ccc(OCn2cc(NC(=O)Cn3cc(C)cn3)cn2)c(C)c1. The Bertz CT molecular complexity index is 881. The van der Waals surface area contributed by atoms with Gasteiger partial charge in [-0.05, 0) is 38.0 Å². The Balaban J connectivity index is 1.54. The lowest BCUT2D eigenvalue weighted by Gasteiger charge is -2.09. The number of aryl methyl sites for hydroxylation is 3. The van der Waals surface area contributed by atoms with Crippen LogP contribution in [0.1, 0.15) is 16.7 Å². The van der Waals surface area contributed by atoms with Crippen LogP contribution in [0.5, 0.6) is 5.75 Å². The monoisotopic (exact) mass is 339 g/mol. The summed E-state index contributed by atoms with van der Waals surface area (Å²) in [5.74, 6) is 0.665. The number of nitrogens with one attached hydrogen (secondary N) is 1. The van der Waals surface area contributed by atoms with Crippen molar-refractivity contribution in [2.45, 2.75) is 34.0 Å². The van der Waals surface area contributed by atoms with E-state index in [1.165, 1.54) is 5.56 Å². The second-order valence-corrected chi connectivity index (χ2v) is 6.07. The molecule has 1 amide bonds. The molecule has 0 radical (unpaired) electrons. The number of amides is 1. The number of carbonyl (C=O) groups is 1. The standard InChI is InChI=1S/C18H21N5O2/c1-13-4-5-17(15(3)6-13)25-12-23-10-16(8-20-23)21-18(24)11-22-9-14(2)7-19-22/h4-10H,11-12H2,1-3H3,(H,21,24). The van der Waals surface area contributed by atoms with Gasteiger partial charge in [-0.2, -0.15) is 10.2 Å². The molecule has 0 aliphatic heterocycles. The normalized spacial score (nSPS) is 10.7. The van der Waals surface area contributed by atoms with Crippen LogP contribution < -0.4 is 10.1 Å². The van der Waals surface area contributed by atoms with Crippen LogP contribution in [0.4, 0.5) is 5.69 Å². The largest absolute Gasteiger partial charge is 0.471 e. The van der Waals surface area contributed by atoms with E-state index in [1.54, 1.807) is 28.0 Å². The maximum Gasteiger partial charge on any atom is 0.246 e. The molecular formula is C18H21N5O2. The van der Waals surface area contributed by atoms with E-state index in [0.29, 0.717) is 5.69 Å². The van der Waals surface area contributed by atoms with Crippen LogP contribution in [0.15, 0.2) is 43.0 Å². The Labute approximate surface area is 146 Å². The number of rotatable bonds is 6. The smallest absolute Gasteiger partial charge is 0.246 e. The van der Waals surface area contributed by atoms with Gasteiger partial charge in [-0.3, -0.25) is 9.48 Å². The topological polar surface area (TPSA) is 74.0 Å². The quantitative estimate of drug-likeness (QED) is 0.749. The summed E-state index contributed by atoms with van der Waals surface area (Å²) in [5.41, 5.74) is 3.92. The molecular weight excluding hydrogens is 318 g/mol. The van der Waals surface area contributed by atoms with Gasteiger partial charge in [0, 0.05) is 6.20 Å². The fourth-order valence-corrected chi connectivity index (χ4v) is 2.50. The first-order valence-electron chi connectivity index (χ1n) is 8.01. The van der Waals surface area contributed by atoms with E-state index in [2.05, 4.69) is 21.6 Å². The second-order valence-electron chi connectivity index (χ2n) is 6.07. The molecule has 2 aromatic heterocycles. The number of carbonyl (C=O) groups excluding carboxylic acids is 1. The molecule has 1 aromatic carbocycles. The molecule has 0 saturated heterocycles. The van der Waals surface area contributed by atoms with Gasteiger partial charge in [-0.1, -0.05) is 17.7 Å². The van der Waals surface area contributed by atoms with E-state index in [9.17, 15) is 4.79 Å². The van der Waals surface area contributed by atoms with Crippen LogP contribution in [0.25, 0.3) is 0 Å². The number of benzene rings is 1. The molecule has 1 N–H and O–H groups in total. The number of aromatic nitrogens is 4. The summed E-state index contributed by atoms with van der Waals surface area (Å²) in [6.07, 6.45) is 6.86. The van der Waals surface area contributed by atoms with Crippen LogP contribution in [-0.2, 0) is 18.1 Å². The second kappa shape index (κ2) is 7.21. The molecule has 0 fully saturated rings. The summed E-state index contributed by atoms with van der Waals surface area (Å²) in [5, 5.41) is 11.1. The van der Waals surface area contributed by atoms with Gasteiger partial charge >= 0.3 is 0 Å². The van der Waals surface area contributed by atoms with Crippen LogP contribution >= 0.6 is 0 Å². The molecule has 0 bridgehead atoms. The summed E-state index contributed by atoms with van der Waals surface area (Å²) < 4.78 is 9.00. The number of hydrogen-bond acceptors (Lipinski definition) is 4. The number of ether oxygens (including phenoxy) is 1. The Hall–Kier alpha value is -3.09. The fraction of sp³-hybridized carbons (Fsp3) is 0.278.